The molecular weight excluding hydrogens is 234 g/mol. The largest absolute Gasteiger partial charge is 0.396 e. The fourth-order valence-electron chi connectivity index (χ4n) is 2.71. The second-order valence-electron chi connectivity index (χ2n) is 5.19. The summed E-state index contributed by atoms with van der Waals surface area (Å²) in [6.07, 6.45) is 2.58. The Hall–Kier alpha value is -1.67. The lowest BCUT2D eigenvalue weighted by atomic mass is 9.80. The van der Waals surface area contributed by atoms with Crippen LogP contribution < -0.4 is 0 Å². The van der Waals surface area contributed by atoms with Crippen LogP contribution in [0.15, 0.2) is 48.0 Å². The Morgan fingerprint density at radius 1 is 1.47 bits per heavy atom. The van der Waals surface area contributed by atoms with Gasteiger partial charge in [-0.25, -0.2) is 0 Å². The minimum atomic E-state index is 0.0223. The second-order valence-corrected chi connectivity index (χ2v) is 5.19. The zero-order valence-electron chi connectivity index (χ0n) is 11.7. The van der Waals surface area contributed by atoms with Gasteiger partial charge in [0.05, 0.1) is 11.8 Å². The first-order valence-electron chi connectivity index (χ1n) is 6.66. The van der Waals surface area contributed by atoms with Crippen LogP contribution >= 0.6 is 0 Å². The highest BCUT2D eigenvalue weighted by Crippen LogP contribution is 2.35. The molecule has 1 aliphatic rings. The van der Waals surface area contributed by atoms with E-state index < -0.39 is 0 Å². The van der Waals surface area contributed by atoms with E-state index in [1.807, 2.05) is 13.0 Å². The maximum absolute atomic E-state index is 9.29. The lowest BCUT2D eigenvalue weighted by Gasteiger charge is -2.30. The van der Waals surface area contributed by atoms with E-state index in [9.17, 15) is 5.11 Å². The Morgan fingerprint density at radius 2 is 2.21 bits per heavy atom. The fourth-order valence-corrected chi connectivity index (χ4v) is 2.71. The summed E-state index contributed by atoms with van der Waals surface area (Å²) < 4.78 is 0. The highest BCUT2D eigenvalue weighted by Gasteiger charge is 2.29. The van der Waals surface area contributed by atoms with Crippen molar-refractivity contribution in [2.24, 2.45) is 4.99 Å². The van der Waals surface area contributed by atoms with E-state index >= 15 is 0 Å². The molecule has 1 N–H and O–H groups in total. The maximum Gasteiger partial charge on any atom is 0.0754 e. The molecule has 2 atom stereocenters. The van der Waals surface area contributed by atoms with Crippen LogP contribution in [-0.4, -0.2) is 23.5 Å². The highest BCUT2D eigenvalue weighted by molar-refractivity contribution is 6.13. The van der Waals surface area contributed by atoms with E-state index in [2.05, 4.69) is 38.3 Å². The van der Waals surface area contributed by atoms with Gasteiger partial charge in [0.25, 0.3) is 0 Å². The van der Waals surface area contributed by atoms with Crippen LogP contribution in [0.5, 0.6) is 0 Å². The molecular formula is C17H21NO. The van der Waals surface area contributed by atoms with Crippen molar-refractivity contribution in [3.8, 4) is 0 Å². The summed E-state index contributed by atoms with van der Waals surface area (Å²) in [6, 6.07) is 6.45. The standard InChI is InChI=1S/C17H21NO/c1-5-16-14(8-9-19)13-7-6-12(4)10-15(13)17(18-16)11(2)3/h5-7,10,14,16,19H,1-2,8-9H2,3-4H3. The molecule has 1 heterocycles. The van der Waals surface area contributed by atoms with Gasteiger partial charge in [0.15, 0.2) is 0 Å². The van der Waals surface area contributed by atoms with Gasteiger partial charge < -0.3 is 5.11 Å². The number of aliphatic hydroxyl groups excluding tert-OH is 1. The Labute approximate surface area is 115 Å². The molecule has 2 rings (SSSR count). The molecule has 100 valence electrons. The smallest absolute Gasteiger partial charge is 0.0754 e. The van der Waals surface area contributed by atoms with E-state index in [4.69, 9.17) is 4.99 Å². The molecule has 19 heavy (non-hydrogen) atoms. The molecule has 0 saturated carbocycles. The molecule has 0 aliphatic carbocycles. The molecule has 0 amide bonds. The number of hydrogen-bond acceptors (Lipinski definition) is 2. The molecule has 0 saturated heterocycles. The minimum Gasteiger partial charge on any atom is -0.396 e. The van der Waals surface area contributed by atoms with Crippen LogP contribution in [0.4, 0.5) is 0 Å². The molecule has 2 unspecified atom stereocenters. The second kappa shape index (κ2) is 5.54. The summed E-state index contributed by atoms with van der Waals surface area (Å²) in [5.41, 5.74) is 5.56. The van der Waals surface area contributed by atoms with Crippen LogP contribution in [0.1, 0.15) is 36.0 Å². The Kier molecular flexibility index (Phi) is 4.01. The molecule has 2 nitrogen and oxygen atoms in total. The van der Waals surface area contributed by atoms with E-state index in [0.29, 0.717) is 6.42 Å². The van der Waals surface area contributed by atoms with Crippen LogP contribution in [-0.2, 0) is 0 Å². The number of aliphatic imine (C=N–C) groups is 1. The van der Waals surface area contributed by atoms with Gasteiger partial charge in [-0.1, -0.05) is 30.4 Å². The average Bonchev–Trinajstić information content (AvgIpc) is 2.38. The molecule has 0 bridgehead atoms. The van der Waals surface area contributed by atoms with Gasteiger partial charge in [0, 0.05) is 18.1 Å². The third-order valence-corrected chi connectivity index (χ3v) is 3.64. The summed E-state index contributed by atoms with van der Waals surface area (Å²) in [6.45, 7) is 12.1. The van der Waals surface area contributed by atoms with Crippen molar-refractivity contribution in [3.05, 3.63) is 59.7 Å². The molecule has 1 aliphatic heterocycles. The molecule has 0 spiro atoms. The summed E-state index contributed by atoms with van der Waals surface area (Å²) in [5.74, 6) is 0.209. The Balaban J connectivity index is 2.60. The quantitative estimate of drug-likeness (QED) is 0.822. The number of fused-ring (bicyclic) bond motifs is 1. The lowest BCUT2D eigenvalue weighted by molar-refractivity contribution is 0.271. The Morgan fingerprint density at radius 3 is 2.79 bits per heavy atom. The first kappa shape index (κ1) is 13.8. The maximum atomic E-state index is 9.29. The van der Waals surface area contributed by atoms with Crippen molar-refractivity contribution < 1.29 is 5.11 Å². The van der Waals surface area contributed by atoms with Crippen molar-refractivity contribution in [1.82, 2.24) is 0 Å². The van der Waals surface area contributed by atoms with Crippen molar-refractivity contribution in [1.29, 1.82) is 0 Å². The summed E-state index contributed by atoms with van der Waals surface area (Å²) in [4.78, 5) is 4.77. The third-order valence-electron chi connectivity index (χ3n) is 3.64. The third kappa shape index (κ3) is 2.54. The lowest BCUT2D eigenvalue weighted by Crippen LogP contribution is -2.26. The zero-order valence-corrected chi connectivity index (χ0v) is 11.7. The molecule has 0 radical (unpaired) electrons. The fraction of sp³-hybridized carbons (Fsp3) is 0.353. The minimum absolute atomic E-state index is 0.0223. The number of hydrogen-bond donors (Lipinski definition) is 1. The van der Waals surface area contributed by atoms with Gasteiger partial charge in [-0.2, -0.15) is 0 Å². The summed E-state index contributed by atoms with van der Waals surface area (Å²) in [5, 5.41) is 9.29. The number of benzene rings is 1. The van der Waals surface area contributed by atoms with Crippen LogP contribution in [0.3, 0.4) is 0 Å². The molecule has 0 fully saturated rings. The van der Waals surface area contributed by atoms with E-state index in [-0.39, 0.29) is 18.6 Å². The predicted octanol–water partition coefficient (Wildman–Crippen LogP) is 3.39. The summed E-state index contributed by atoms with van der Waals surface area (Å²) in [7, 11) is 0. The SMILES string of the molecule is C=CC1N=C(C(=C)C)c2cc(C)ccc2C1CCO. The zero-order chi connectivity index (χ0) is 14.0. The van der Waals surface area contributed by atoms with Crippen LogP contribution in [0, 0.1) is 6.92 Å². The van der Waals surface area contributed by atoms with Gasteiger partial charge >= 0.3 is 0 Å². The van der Waals surface area contributed by atoms with Crippen LogP contribution in [0.25, 0.3) is 0 Å². The van der Waals surface area contributed by atoms with E-state index in [0.717, 1.165) is 16.8 Å². The highest BCUT2D eigenvalue weighted by atomic mass is 16.3. The van der Waals surface area contributed by atoms with Crippen LogP contribution in [0.2, 0.25) is 0 Å². The molecule has 0 aromatic heterocycles. The number of nitrogens with zero attached hydrogens (tertiary/aromatic N) is 1. The number of aliphatic hydroxyl groups is 1. The van der Waals surface area contributed by atoms with Crippen molar-refractivity contribution >= 4 is 5.71 Å². The van der Waals surface area contributed by atoms with Gasteiger partial charge in [-0.15, -0.1) is 6.58 Å². The Bertz CT molecular complexity index is 542. The van der Waals surface area contributed by atoms with Gasteiger partial charge in [0.2, 0.25) is 0 Å². The average molecular weight is 255 g/mol. The monoisotopic (exact) mass is 255 g/mol. The van der Waals surface area contributed by atoms with Crippen molar-refractivity contribution in [2.75, 3.05) is 6.61 Å². The topological polar surface area (TPSA) is 32.6 Å². The predicted molar refractivity (Wildman–Crippen MR) is 81.0 cm³/mol. The van der Waals surface area contributed by atoms with E-state index in [1.54, 1.807) is 0 Å². The number of allylic oxidation sites excluding steroid dienone is 1. The molecule has 2 heteroatoms. The van der Waals surface area contributed by atoms with Gasteiger partial charge in [0.1, 0.15) is 0 Å². The van der Waals surface area contributed by atoms with Gasteiger partial charge in [-0.05, 0) is 37.5 Å². The summed E-state index contributed by atoms with van der Waals surface area (Å²) >= 11 is 0. The van der Waals surface area contributed by atoms with Crippen molar-refractivity contribution in [2.45, 2.75) is 32.2 Å². The normalized spacial score (nSPS) is 21.5. The van der Waals surface area contributed by atoms with E-state index in [1.165, 1.54) is 11.1 Å². The molecule has 1 aromatic rings. The molecule has 1 aromatic carbocycles. The van der Waals surface area contributed by atoms with Gasteiger partial charge in [-0.3, -0.25) is 4.99 Å². The number of rotatable bonds is 4. The number of aryl methyl sites for hydroxylation is 1. The van der Waals surface area contributed by atoms with Crippen molar-refractivity contribution in [3.63, 3.8) is 0 Å². The first-order valence-corrected chi connectivity index (χ1v) is 6.66. The first-order chi connectivity index (χ1) is 9.08.